The maximum atomic E-state index is 6.39. The van der Waals surface area contributed by atoms with Crippen LogP contribution in [0, 0.1) is 0 Å². The van der Waals surface area contributed by atoms with E-state index in [1.807, 2.05) is 36.4 Å². The molecule has 0 atom stereocenters. The molecular weight excluding hydrogens is 390 g/mol. The third kappa shape index (κ3) is 3.68. The summed E-state index contributed by atoms with van der Waals surface area (Å²) in [4.78, 5) is 4.85. The molecule has 3 nitrogen and oxygen atoms in total. The predicted octanol–water partition coefficient (Wildman–Crippen LogP) is 6.26. The van der Waals surface area contributed by atoms with E-state index in [9.17, 15) is 0 Å². The van der Waals surface area contributed by atoms with Crippen LogP contribution in [0.25, 0.3) is 22.9 Å². The Morgan fingerprint density at radius 3 is 1.93 bits per heavy atom. The van der Waals surface area contributed by atoms with Gasteiger partial charge in [-0.3, -0.25) is 0 Å². The highest BCUT2D eigenvalue weighted by Gasteiger charge is 2.15. The fourth-order valence-electron chi connectivity index (χ4n) is 3.95. The van der Waals surface area contributed by atoms with Crippen molar-refractivity contribution in [2.45, 2.75) is 6.04 Å². The smallest absolute Gasteiger partial charge is 0.194 e. The van der Waals surface area contributed by atoms with E-state index in [1.165, 1.54) is 16.5 Å². The molecule has 0 aromatic heterocycles. The van der Waals surface area contributed by atoms with E-state index >= 15 is 0 Å². The summed E-state index contributed by atoms with van der Waals surface area (Å²) in [6.07, 6.45) is 4.31. The maximum absolute atomic E-state index is 6.39. The van der Waals surface area contributed by atoms with Crippen molar-refractivity contribution < 1.29 is 0 Å². The Morgan fingerprint density at radius 1 is 0.700 bits per heavy atom. The van der Waals surface area contributed by atoms with E-state index in [4.69, 9.17) is 10.7 Å². The van der Waals surface area contributed by atoms with Crippen molar-refractivity contribution in [1.82, 2.24) is 0 Å². The third-order valence-electron chi connectivity index (χ3n) is 5.31. The van der Waals surface area contributed by atoms with Gasteiger partial charge in [0.1, 0.15) is 6.04 Å². The fourth-order valence-corrected chi connectivity index (χ4v) is 3.95. The average molecular weight is 412 g/mol. The summed E-state index contributed by atoms with van der Waals surface area (Å²) in [7, 11) is 0. The van der Waals surface area contributed by atoms with Gasteiger partial charge in [0.05, 0.1) is 0 Å². The highest BCUT2D eigenvalue weighted by atomic mass is 35.5. The van der Waals surface area contributed by atoms with Crippen molar-refractivity contribution in [3.05, 3.63) is 113 Å². The number of rotatable bonds is 4. The van der Waals surface area contributed by atoms with Gasteiger partial charge in [0.2, 0.25) is 0 Å². The zero-order valence-corrected chi connectivity index (χ0v) is 17.1. The summed E-state index contributed by atoms with van der Waals surface area (Å²) in [6, 6.07) is 30.8. The molecule has 0 bridgehead atoms. The molecule has 3 N–H and O–H groups in total. The maximum Gasteiger partial charge on any atom is 0.194 e. The third-order valence-corrected chi connectivity index (χ3v) is 5.31. The van der Waals surface area contributed by atoms with Gasteiger partial charge in [-0.15, -0.1) is 12.4 Å². The second-order valence-electron chi connectivity index (χ2n) is 7.17. The first kappa shape index (κ1) is 19.7. The number of halogens is 1. The normalized spacial score (nSPS) is 12.2. The first-order valence-corrected chi connectivity index (χ1v) is 9.73. The number of aliphatic imine (C=N–C) groups is 1. The van der Waals surface area contributed by atoms with Gasteiger partial charge in [-0.25, -0.2) is 4.99 Å². The molecule has 0 unspecified atom stereocenters. The van der Waals surface area contributed by atoms with Gasteiger partial charge in [-0.2, -0.15) is 0 Å². The van der Waals surface area contributed by atoms with Crippen LogP contribution < -0.4 is 11.1 Å². The highest BCUT2D eigenvalue weighted by Crippen LogP contribution is 2.35. The summed E-state index contributed by atoms with van der Waals surface area (Å²) in [5.74, 6) is 0.398. The topological polar surface area (TPSA) is 50.4 Å². The van der Waals surface area contributed by atoms with Gasteiger partial charge in [0.25, 0.3) is 0 Å². The van der Waals surface area contributed by atoms with E-state index in [0.717, 1.165) is 22.2 Å². The summed E-state index contributed by atoms with van der Waals surface area (Å²) in [5, 5.41) is 5.75. The SMILES string of the molecule is Cl.NC(=NC(c1ccccc1)c1ccccc1)Nc1ccc2c3c(cccc13)C=C2. The molecule has 0 radical (unpaired) electrons. The van der Waals surface area contributed by atoms with E-state index in [1.54, 1.807) is 0 Å². The number of anilines is 1. The second-order valence-corrected chi connectivity index (χ2v) is 7.17. The molecule has 5 rings (SSSR count). The van der Waals surface area contributed by atoms with Gasteiger partial charge in [-0.1, -0.05) is 97.1 Å². The van der Waals surface area contributed by atoms with Crippen LogP contribution in [0.5, 0.6) is 0 Å². The largest absolute Gasteiger partial charge is 0.370 e. The van der Waals surface area contributed by atoms with Crippen LogP contribution in [0.2, 0.25) is 0 Å². The molecule has 0 saturated heterocycles. The van der Waals surface area contributed by atoms with Crippen molar-refractivity contribution in [3.63, 3.8) is 0 Å². The van der Waals surface area contributed by atoms with Crippen molar-refractivity contribution in [2.24, 2.45) is 10.7 Å². The Kier molecular flexibility index (Phi) is 5.55. The number of hydrogen-bond acceptors (Lipinski definition) is 1. The number of guanidine groups is 1. The molecule has 0 aliphatic heterocycles. The number of hydrogen-bond donors (Lipinski definition) is 2. The minimum absolute atomic E-state index is 0. The second kappa shape index (κ2) is 8.44. The van der Waals surface area contributed by atoms with Crippen LogP contribution in [0.1, 0.15) is 28.3 Å². The summed E-state index contributed by atoms with van der Waals surface area (Å²) >= 11 is 0. The lowest BCUT2D eigenvalue weighted by atomic mass is 9.99. The molecule has 1 aliphatic rings. The number of nitrogens with zero attached hydrogens (tertiary/aromatic N) is 1. The van der Waals surface area contributed by atoms with Crippen LogP contribution in [0.4, 0.5) is 5.69 Å². The molecule has 4 heteroatoms. The summed E-state index contributed by atoms with van der Waals surface area (Å²) < 4.78 is 0. The lowest BCUT2D eigenvalue weighted by molar-refractivity contribution is 0.869. The Hall–Kier alpha value is -3.56. The van der Waals surface area contributed by atoms with E-state index in [-0.39, 0.29) is 18.4 Å². The Bertz CT molecular complexity index is 1180. The zero-order chi connectivity index (χ0) is 19.6. The molecular formula is C26H22ClN3. The highest BCUT2D eigenvalue weighted by molar-refractivity contribution is 6.11. The molecule has 0 amide bonds. The first-order chi connectivity index (χ1) is 14.3. The molecule has 0 saturated carbocycles. The van der Waals surface area contributed by atoms with Gasteiger partial charge >= 0.3 is 0 Å². The summed E-state index contributed by atoms with van der Waals surface area (Å²) in [6.45, 7) is 0. The molecule has 0 fully saturated rings. The Morgan fingerprint density at radius 2 is 1.30 bits per heavy atom. The van der Waals surface area contributed by atoms with Gasteiger partial charge < -0.3 is 11.1 Å². The molecule has 1 aliphatic carbocycles. The first-order valence-electron chi connectivity index (χ1n) is 9.73. The van der Waals surface area contributed by atoms with Gasteiger partial charge in [0.15, 0.2) is 5.96 Å². The van der Waals surface area contributed by atoms with E-state index in [2.05, 4.69) is 72.1 Å². The average Bonchev–Trinajstić information content (AvgIpc) is 3.20. The van der Waals surface area contributed by atoms with E-state index in [0.29, 0.717) is 5.96 Å². The molecule has 30 heavy (non-hydrogen) atoms. The summed E-state index contributed by atoms with van der Waals surface area (Å²) in [5.41, 5.74) is 12.0. The van der Waals surface area contributed by atoms with Gasteiger partial charge in [0, 0.05) is 11.1 Å². The van der Waals surface area contributed by atoms with E-state index < -0.39 is 0 Å². The number of benzene rings is 4. The van der Waals surface area contributed by atoms with Crippen LogP contribution in [0.15, 0.2) is 96.0 Å². The van der Waals surface area contributed by atoms with Crippen molar-refractivity contribution >= 4 is 47.0 Å². The zero-order valence-electron chi connectivity index (χ0n) is 16.3. The molecule has 0 spiro atoms. The molecule has 4 aromatic rings. The van der Waals surface area contributed by atoms with Gasteiger partial charge in [-0.05, 0) is 33.7 Å². The quantitative estimate of drug-likeness (QED) is 0.271. The van der Waals surface area contributed by atoms with Crippen LogP contribution in [-0.4, -0.2) is 5.96 Å². The monoisotopic (exact) mass is 411 g/mol. The van der Waals surface area contributed by atoms with Crippen molar-refractivity contribution in [1.29, 1.82) is 0 Å². The number of nitrogens with one attached hydrogen (secondary N) is 1. The predicted molar refractivity (Wildman–Crippen MR) is 130 cm³/mol. The number of nitrogens with two attached hydrogens (primary N) is 1. The minimum Gasteiger partial charge on any atom is -0.370 e. The van der Waals surface area contributed by atoms with Crippen LogP contribution in [-0.2, 0) is 0 Å². The van der Waals surface area contributed by atoms with Crippen LogP contribution >= 0.6 is 12.4 Å². The minimum atomic E-state index is -0.164. The lowest BCUT2D eigenvalue weighted by Crippen LogP contribution is -2.24. The molecule has 0 heterocycles. The van der Waals surface area contributed by atoms with Crippen molar-refractivity contribution in [2.75, 3.05) is 5.32 Å². The Balaban J connectivity index is 0.00000218. The lowest BCUT2D eigenvalue weighted by Gasteiger charge is -2.16. The molecule has 148 valence electrons. The van der Waals surface area contributed by atoms with Crippen LogP contribution in [0.3, 0.4) is 0 Å². The standard InChI is InChI=1S/C26H21N3.ClH/c27-26(28-23-17-16-19-15-14-18-12-7-13-22(23)24(18)19)29-25(20-8-3-1-4-9-20)21-10-5-2-6-11-21;/h1-17,25H,(H3,27,28,29);1H. The fraction of sp³-hybridized carbons (Fsp3) is 0.0385. The van der Waals surface area contributed by atoms with Crippen molar-refractivity contribution in [3.8, 4) is 0 Å². The Labute approximate surface area is 182 Å². The molecule has 4 aromatic carbocycles.